The Kier molecular flexibility index (Phi) is 55.3. The molecule has 18 heteroatoms. The molecule has 2 unspecified atom stereocenters. The van der Waals surface area contributed by atoms with Crippen molar-refractivity contribution in [3.05, 3.63) is 20.2 Å². The molecule has 0 saturated heterocycles. The van der Waals surface area contributed by atoms with Gasteiger partial charge in [-0.1, -0.05) is 110 Å². The summed E-state index contributed by atoms with van der Waals surface area (Å²) in [7, 11) is 0. The van der Waals surface area contributed by atoms with Crippen LogP contribution in [0.3, 0.4) is 0 Å². The van der Waals surface area contributed by atoms with E-state index in [0.29, 0.717) is 95.1 Å². The predicted octanol–water partition coefficient (Wildman–Crippen LogP) is 9.04. The fourth-order valence-corrected chi connectivity index (χ4v) is 4.97. The fraction of sp³-hybridized carbons (Fsp3) is 0.915. The highest BCUT2D eigenvalue weighted by molar-refractivity contribution is 5.77. The second-order valence-corrected chi connectivity index (χ2v) is 17.7. The number of nitrogens with one attached hydrogen (secondary N) is 4. The molecular formula is C47H98N6O12. The van der Waals surface area contributed by atoms with E-state index < -0.39 is 16.3 Å². The van der Waals surface area contributed by atoms with Crippen molar-refractivity contribution in [3.8, 4) is 0 Å². The summed E-state index contributed by atoms with van der Waals surface area (Å²) in [5.41, 5.74) is 0. The van der Waals surface area contributed by atoms with Crippen LogP contribution in [-0.4, -0.2) is 99.1 Å². The van der Waals surface area contributed by atoms with Gasteiger partial charge in [-0.05, 0) is 81.5 Å². The average molecular weight is 939 g/mol. The minimum absolute atomic E-state index is 0. The highest BCUT2D eigenvalue weighted by Crippen LogP contribution is 2.09. The normalized spacial score (nSPS) is 11.3. The highest BCUT2D eigenvalue weighted by Gasteiger charge is 2.12. The van der Waals surface area contributed by atoms with E-state index >= 15 is 0 Å². The van der Waals surface area contributed by atoms with Crippen molar-refractivity contribution in [1.82, 2.24) is 21.3 Å². The average Bonchev–Trinajstić information content (AvgIpc) is 3.20. The van der Waals surface area contributed by atoms with Crippen molar-refractivity contribution in [1.29, 1.82) is 0 Å². The Bertz CT molecular complexity index is 1150. The smallest absolute Gasteiger partial charge is 0.294 e. The van der Waals surface area contributed by atoms with E-state index in [1.54, 1.807) is 6.92 Å². The Labute approximate surface area is 394 Å². The molecule has 0 fully saturated rings. The molecular weight excluding hydrogens is 841 g/mol. The van der Waals surface area contributed by atoms with Gasteiger partial charge in [0, 0.05) is 58.0 Å². The van der Waals surface area contributed by atoms with Crippen LogP contribution in [0.1, 0.15) is 187 Å². The number of amides is 4. The lowest BCUT2D eigenvalue weighted by Crippen LogP contribution is -2.29. The summed E-state index contributed by atoms with van der Waals surface area (Å²) in [6.07, 6.45) is 12.4. The molecule has 0 aliphatic rings. The number of nitrogens with zero attached hydrogens (tertiary/aromatic N) is 2. The van der Waals surface area contributed by atoms with Gasteiger partial charge in [-0.3, -0.25) is 19.2 Å². The molecule has 0 radical (unpaired) electrons. The monoisotopic (exact) mass is 939 g/mol. The lowest BCUT2D eigenvalue weighted by atomic mass is 10.1. The third-order valence-corrected chi connectivity index (χ3v) is 8.98. The van der Waals surface area contributed by atoms with Gasteiger partial charge in [0.15, 0.2) is 0 Å². The predicted molar refractivity (Wildman–Crippen MR) is 260 cm³/mol. The lowest BCUT2D eigenvalue weighted by Gasteiger charge is -2.12. The highest BCUT2D eigenvalue weighted by atomic mass is 17.0. The van der Waals surface area contributed by atoms with E-state index in [1.165, 1.54) is 19.3 Å². The number of rotatable bonds is 36. The van der Waals surface area contributed by atoms with E-state index in [2.05, 4.69) is 93.3 Å². The topological polar surface area (TPSA) is 240 Å². The number of carbonyl (C=O) groups excluding carboxylic acids is 4. The molecule has 4 amide bonds. The third kappa shape index (κ3) is 66.9. The van der Waals surface area contributed by atoms with E-state index in [0.717, 1.165) is 51.6 Å². The first-order chi connectivity index (χ1) is 30.2. The van der Waals surface area contributed by atoms with Crippen molar-refractivity contribution in [2.45, 2.75) is 193 Å². The second kappa shape index (κ2) is 51.2. The van der Waals surface area contributed by atoms with Gasteiger partial charge < -0.3 is 40.4 Å². The number of ether oxygens (including phenoxy) is 2. The summed E-state index contributed by atoms with van der Waals surface area (Å²) in [6, 6.07) is 0. The summed E-state index contributed by atoms with van der Waals surface area (Å²) in [5.74, 6) is 2.57. The summed E-state index contributed by atoms with van der Waals surface area (Å²) >= 11 is 0. The van der Waals surface area contributed by atoms with E-state index in [9.17, 15) is 39.4 Å². The molecule has 0 aliphatic heterocycles. The van der Waals surface area contributed by atoms with Gasteiger partial charge in [0.2, 0.25) is 23.6 Å². The van der Waals surface area contributed by atoms with Crippen LogP contribution in [0.4, 0.5) is 0 Å². The van der Waals surface area contributed by atoms with Crippen molar-refractivity contribution in [3.63, 3.8) is 0 Å². The molecule has 0 saturated carbocycles. The maximum atomic E-state index is 11.4. The fourth-order valence-electron chi connectivity index (χ4n) is 4.97. The van der Waals surface area contributed by atoms with Crippen LogP contribution >= 0.6 is 0 Å². The number of hydrogen-bond acceptors (Lipinski definition) is 12. The first-order valence-corrected chi connectivity index (χ1v) is 24.0. The molecule has 388 valence electrons. The van der Waals surface area contributed by atoms with E-state index in [1.807, 2.05) is 13.8 Å². The Morgan fingerprint density at radius 2 is 0.954 bits per heavy atom. The minimum Gasteiger partial charge on any atom is -0.381 e. The van der Waals surface area contributed by atoms with Crippen LogP contribution in [-0.2, 0) is 38.3 Å². The molecule has 2 atom stereocenters. The Morgan fingerprint density at radius 1 is 0.508 bits per heavy atom. The molecule has 0 spiro atoms. The molecule has 0 aromatic heterocycles. The zero-order chi connectivity index (χ0) is 49.6. The molecule has 0 aromatic carbocycles. The Balaban J connectivity index is -0.000000248. The van der Waals surface area contributed by atoms with Crippen molar-refractivity contribution in [2.75, 3.05) is 59.2 Å². The molecule has 0 heterocycles. The van der Waals surface area contributed by atoms with Crippen LogP contribution < -0.4 is 21.3 Å². The van der Waals surface area contributed by atoms with Gasteiger partial charge in [0.05, 0.1) is 13.2 Å². The minimum atomic E-state index is -0.821. The lowest BCUT2D eigenvalue weighted by molar-refractivity contribution is -0.768. The zero-order valence-electron chi connectivity index (χ0n) is 42.2. The second-order valence-electron chi connectivity index (χ2n) is 17.7. The summed E-state index contributed by atoms with van der Waals surface area (Å²) < 4.78 is 10.4. The number of unbranched alkanes of at least 4 members (excludes halogenated alkanes) is 3. The van der Waals surface area contributed by atoms with Gasteiger partial charge in [-0.2, -0.15) is 0 Å². The maximum absolute atomic E-state index is 11.4. The summed E-state index contributed by atoms with van der Waals surface area (Å²) in [5, 5.41) is 30.0. The molecule has 0 bridgehead atoms. The van der Waals surface area contributed by atoms with Gasteiger partial charge in [-0.15, -0.1) is 20.2 Å². The van der Waals surface area contributed by atoms with Crippen LogP contribution in [0.15, 0.2) is 0 Å². The van der Waals surface area contributed by atoms with E-state index in [-0.39, 0.29) is 50.2 Å². The molecule has 0 aliphatic carbocycles. The van der Waals surface area contributed by atoms with Crippen LogP contribution in [0.2, 0.25) is 0 Å². The molecule has 0 aromatic rings. The van der Waals surface area contributed by atoms with Crippen molar-refractivity contribution >= 4 is 23.6 Å². The molecule has 18 nitrogen and oxygen atoms in total. The Hall–Kier alpha value is -3.80. The standard InChI is InChI=1S/C12H24N2O5.C12H24N2O4.C12H25NO.C10H21NO2.CH4/c1-10(2)4-6-13-12(15)5-7-18-8-11(3)9-19-14(16)17;1-4-11(18-14(16)17)6-5-7-12(15)13-9-8-10(2)3;1-4-5-6-7-8-12(14)13-10-9-11(2)3;1-4-7-13-8-10(12)11-6-5-9(2)3;/h10-11H,4-9H2,1-3H3,(H,13,15);10-11H,4-9H2,1-3H3,(H,13,15);11H,4-10H2,1-3H3,(H,13,14);9H,4-8H2,1-3H3,(H,11,12);1H4. The van der Waals surface area contributed by atoms with Crippen LogP contribution in [0.25, 0.3) is 0 Å². The first-order valence-electron chi connectivity index (χ1n) is 24.0. The van der Waals surface area contributed by atoms with Crippen LogP contribution in [0.5, 0.6) is 0 Å². The molecule has 0 rings (SSSR count). The van der Waals surface area contributed by atoms with E-state index in [4.69, 9.17) is 9.47 Å². The SMILES string of the molecule is C.CC(C)CCNC(=O)CCOCC(C)CO[N+](=O)[O-].CCC(CCCC(=O)NCCC(C)C)O[N+](=O)[O-].CCCCCCC(=O)NCCC(C)C.CCCOCC(=O)NCCC(C)C. The van der Waals surface area contributed by atoms with Gasteiger partial charge in [0.1, 0.15) is 19.3 Å². The quantitative estimate of drug-likeness (QED) is 0.0261. The number of hydrogen-bond donors (Lipinski definition) is 4. The van der Waals surface area contributed by atoms with Gasteiger partial charge in [-0.25, -0.2) is 0 Å². The van der Waals surface area contributed by atoms with Crippen molar-refractivity contribution < 1.29 is 48.5 Å². The largest absolute Gasteiger partial charge is 0.381 e. The summed E-state index contributed by atoms with van der Waals surface area (Å²) in [4.78, 5) is 74.0. The number of carbonyl (C=O) groups is 4. The molecule has 4 N–H and O–H groups in total. The summed E-state index contributed by atoms with van der Waals surface area (Å²) in [6.45, 7) is 29.4. The van der Waals surface area contributed by atoms with Crippen LogP contribution in [0, 0.1) is 49.8 Å². The zero-order valence-corrected chi connectivity index (χ0v) is 42.2. The Morgan fingerprint density at radius 3 is 1.35 bits per heavy atom. The van der Waals surface area contributed by atoms with Gasteiger partial charge >= 0.3 is 0 Å². The van der Waals surface area contributed by atoms with Gasteiger partial charge in [0.25, 0.3) is 10.2 Å². The van der Waals surface area contributed by atoms with Crippen molar-refractivity contribution in [2.24, 2.45) is 29.6 Å². The third-order valence-electron chi connectivity index (χ3n) is 8.98. The maximum Gasteiger partial charge on any atom is 0.294 e. The molecule has 65 heavy (non-hydrogen) atoms. The first kappa shape index (κ1) is 70.2.